The van der Waals surface area contributed by atoms with Crippen LogP contribution in [-0.2, 0) is 23.1 Å². The second-order valence-corrected chi connectivity index (χ2v) is 4.54. The number of aromatic nitrogens is 3. The smallest absolute Gasteiger partial charge is 0.345 e. The maximum atomic E-state index is 12.1. The zero-order chi connectivity index (χ0) is 15.2. The van der Waals surface area contributed by atoms with Gasteiger partial charge in [-0.1, -0.05) is 30.3 Å². The van der Waals surface area contributed by atoms with Crippen LogP contribution in [0.5, 0.6) is 0 Å². The molecule has 7 nitrogen and oxygen atoms in total. The fourth-order valence-corrected chi connectivity index (χ4v) is 1.96. The molecule has 0 spiro atoms. The fraction of sp³-hybridized carbons (Fsp3) is 0.357. The molecular weight excluding hydrogens is 272 g/mol. The third kappa shape index (κ3) is 3.57. The van der Waals surface area contributed by atoms with E-state index in [2.05, 4.69) is 10.4 Å². The van der Waals surface area contributed by atoms with E-state index in [1.165, 1.54) is 16.4 Å². The van der Waals surface area contributed by atoms with E-state index in [0.717, 1.165) is 5.56 Å². The molecule has 1 N–H and O–H groups in total. The van der Waals surface area contributed by atoms with E-state index in [1.54, 1.807) is 7.05 Å². The topological polar surface area (TPSA) is 78.2 Å². The van der Waals surface area contributed by atoms with Gasteiger partial charge < -0.3 is 10.1 Å². The Labute approximate surface area is 122 Å². The Morgan fingerprint density at radius 3 is 2.71 bits per heavy atom. The van der Waals surface area contributed by atoms with Crippen molar-refractivity contribution in [1.82, 2.24) is 19.7 Å². The molecule has 0 unspecified atom stereocenters. The minimum atomic E-state index is -0.218. The van der Waals surface area contributed by atoms with Crippen molar-refractivity contribution >= 4 is 5.91 Å². The Kier molecular flexibility index (Phi) is 4.89. The van der Waals surface area contributed by atoms with Gasteiger partial charge in [-0.25, -0.2) is 9.48 Å². The lowest BCUT2D eigenvalue weighted by Gasteiger charge is -2.03. The molecule has 1 aromatic heterocycles. The predicted octanol–water partition coefficient (Wildman–Crippen LogP) is 0.0114. The molecule has 0 saturated carbocycles. The zero-order valence-electron chi connectivity index (χ0n) is 12.1. The normalized spacial score (nSPS) is 10.6. The summed E-state index contributed by atoms with van der Waals surface area (Å²) in [4.78, 5) is 23.4. The van der Waals surface area contributed by atoms with Gasteiger partial charge in [0.05, 0.1) is 6.54 Å². The highest BCUT2D eigenvalue weighted by Gasteiger charge is 2.11. The van der Waals surface area contributed by atoms with Gasteiger partial charge in [0.2, 0.25) is 5.91 Å². The van der Waals surface area contributed by atoms with E-state index in [-0.39, 0.29) is 18.2 Å². The standard InChI is InChI=1S/C14H18N4O3/c1-17-13(11-6-4-3-5-7-11)16-18(14(17)20)9-8-15-12(19)10-21-2/h3-7H,8-10H2,1-2H3,(H,15,19). The van der Waals surface area contributed by atoms with Crippen LogP contribution < -0.4 is 11.0 Å². The summed E-state index contributed by atoms with van der Waals surface area (Å²) in [6, 6.07) is 9.48. The van der Waals surface area contributed by atoms with Crippen molar-refractivity contribution in [3.05, 3.63) is 40.8 Å². The summed E-state index contributed by atoms with van der Waals surface area (Å²) in [6.07, 6.45) is 0. The molecule has 1 amide bonds. The second-order valence-electron chi connectivity index (χ2n) is 4.54. The van der Waals surface area contributed by atoms with Gasteiger partial charge in [0.25, 0.3) is 0 Å². The number of nitrogens with one attached hydrogen (secondary N) is 1. The molecule has 112 valence electrons. The number of benzene rings is 1. The van der Waals surface area contributed by atoms with Crippen LogP contribution in [0.3, 0.4) is 0 Å². The van der Waals surface area contributed by atoms with Gasteiger partial charge in [-0.05, 0) is 0 Å². The molecule has 2 rings (SSSR count). The van der Waals surface area contributed by atoms with Crippen molar-refractivity contribution in [1.29, 1.82) is 0 Å². The predicted molar refractivity (Wildman–Crippen MR) is 77.8 cm³/mol. The van der Waals surface area contributed by atoms with E-state index in [1.807, 2.05) is 30.3 Å². The highest BCUT2D eigenvalue weighted by atomic mass is 16.5. The first-order valence-electron chi connectivity index (χ1n) is 6.58. The molecule has 0 radical (unpaired) electrons. The van der Waals surface area contributed by atoms with Crippen LogP contribution in [0.15, 0.2) is 35.1 Å². The van der Waals surface area contributed by atoms with Gasteiger partial charge in [-0.2, -0.15) is 0 Å². The van der Waals surface area contributed by atoms with Crippen LogP contribution in [0.25, 0.3) is 11.4 Å². The quantitative estimate of drug-likeness (QED) is 0.813. The van der Waals surface area contributed by atoms with E-state index < -0.39 is 0 Å². The number of nitrogens with zero attached hydrogens (tertiary/aromatic N) is 3. The summed E-state index contributed by atoms with van der Waals surface area (Å²) < 4.78 is 7.55. The molecule has 0 aliphatic rings. The molecule has 2 aromatic rings. The highest BCUT2D eigenvalue weighted by Crippen LogP contribution is 2.13. The van der Waals surface area contributed by atoms with Crippen molar-refractivity contribution in [3.8, 4) is 11.4 Å². The molecular formula is C14H18N4O3. The average Bonchev–Trinajstić information content (AvgIpc) is 2.77. The molecule has 21 heavy (non-hydrogen) atoms. The number of amides is 1. The Bertz CT molecular complexity index is 661. The highest BCUT2D eigenvalue weighted by molar-refractivity contribution is 5.77. The van der Waals surface area contributed by atoms with Crippen molar-refractivity contribution in [3.63, 3.8) is 0 Å². The van der Waals surface area contributed by atoms with E-state index in [9.17, 15) is 9.59 Å². The lowest BCUT2D eigenvalue weighted by molar-refractivity contribution is -0.124. The molecule has 1 aromatic carbocycles. The minimum absolute atomic E-state index is 0.00633. The first-order valence-corrected chi connectivity index (χ1v) is 6.58. The van der Waals surface area contributed by atoms with Crippen molar-refractivity contribution in [2.24, 2.45) is 7.05 Å². The molecule has 0 aliphatic carbocycles. The Morgan fingerprint density at radius 2 is 2.05 bits per heavy atom. The molecule has 0 fully saturated rings. The second kappa shape index (κ2) is 6.85. The van der Waals surface area contributed by atoms with Crippen LogP contribution >= 0.6 is 0 Å². The van der Waals surface area contributed by atoms with Crippen LogP contribution in [0.4, 0.5) is 0 Å². The number of carbonyl (C=O) groups is 1. The number of hydrogen-bond acceptors (Lipinski definition) is 4. The first kappa shape index (κ1) is 15.0. The summed E-state index contributed by atoms with van der Waals surface area (Å²) in [6.45, 7) is 0.648. The summed E-state index contributed by atoms with van der Waals surface area (Å²) in [5.74, 6) is 0.383. The number of rotatable bonds is 6. The zero-order valence-corrected chi connectivity index (χ0v) is 12.1. The fourth-order valence-electron chi connectivity index (χ4n) is 1.96. The van der Waals surface area contributed by atoms with Gasteiger partial charge in [0.15, 0.2) is 5.82 Å². The third-order valence-corrected chi connectivity index (χ3v) is 2.99. The molecule has 0 atom stereocenters. The lowest BCUT2D eigenvalue weighted by atomic mass is 10.2. The van der Waals surface area contributed by atoms with Crippen molar-refractivity contribution in [2.45, 2.75) is 6.54 Å². The number of methoxy groups -OCH3 is 1. The van der Waals surface area contributed by atoms with Crippen LogP contribution in [0.2, 0.25) is 0 Å². The van der Waals surface area contributed by atoms with Crippen LogP contribution in [0.1, 0.15) is 0 Å². The van der Waals surface area contributed by atoms with Crippen molar-refractivity contribution < 1.29 is 9.53 Å². The summed E-state index contributed by atoms with van der Waals surface area (Å²) in [5, 5.41) is 6.96. The molecule has 7 heteroatoms. The van der Waals surface area contributed by atoms with E-state index in [4.69, 9.17) is 4.74 Å². The van der Waals surface area contributed by atoms with Gasteiger partial charge in [0.1, 0.15) is 6.61 Å². The van der Waals surface area contributed by atoms with Crippen molar-refractivity contribution in [2.75, 3.05) is 20.3 Å². The number of carbonyl (C=O) groups excluding carboxylic acids is 1. The number of hydrogen-bond donors (Lipinski definition) is 1. The maximum absolute atomic E-state index is 12.1. The van der Waals surface area contributed by atoms with Gasteiger partial charge in [0, 0.05) is 26.3 Å². The number of ether oxygens (including phenoxy) is 1. The molecule has 1 heterocycles. The molecule has 0 saturated heterocycles. The average molecular weight is 290 g/mol. The van der Waals surface area contributed by atoms with E-state index in [0.29, 0.717) is 18.9 Å². The summed E-state index contributed by atoms with van der Waals surface area (Å²) in [5.41, 5.74) is 0.661. The summed E-state index contributed by atoms with van der Waals surface area (Å²) >= 11 is 0. The third-order valence-electron chi connectivity index (χ3n) is 2.99. The van der Waals surface area contributed by atoms with Gasteiger partial charge in [-0.3, -0.25) is 9.36 Å². The maximum Gasteiger partial charge on any atom is 0.345 e. The Hall–Kier alpha value is -2.41. The Morgan fingerprint density at radius 1 is 1.33 bits per heavy atom. The Balaban J connectivity index is 2.09. The monoisotopic (exact) mass is 290 g/mol. The van der Waals surface area contributed by atoms with Gasteiger partial charge in [-0.15, -0.1) is 5.10 Å². The SMILES string of the molecule is COCC(=O)NCCn1nc(-c2ccccc2)n(C)c1=O. The lowest BCUT2D eigenvalue weighted by Crippen LogP contribution is -2.33. The van der Waals surface area contributed by atoms with Crippen LogP contribution in [-0.4, -0.2) is 40.5 Å². The van der Waals surface area contributed by atoms with E-state index >= 15 is 0 Å². The minimum Gasteiger partial charge on any atom is -0.375 e. The molecule has 0 aliphatic heterocycles. The first-order chi connectivity index (χ1) is 10.1. The van der Waals surface area contributed by atoms with Crippen LogP contribution in [0, 0.1) is 0 Å². The molecule has 0 bridgehead atoms. The largest absolute Gasteiger partial charge is 0.375 e. The van der Waals surface area contributed by atoms with Gasteiger partial charge >= 0.3 is 5.69 Å². The summed E-state index contributed by atoms with van der Waals surface area (Å²) in [7, 11) is 3.13.